The number of ether oxygens (including phenoxy) is 1. The average Bonchev–Trinajstić information content (AvgIpc) is 3.12. The standard InChI is InChI=1S/C17H25FN4O5S/c1-21(2)9-3-8-19-16(23)17(24)20-12-15-22(10-11-27-15)28(25,26)14-6-4-13(18)5-7-14/h4-7,15H,3,8-12H2,1-2H3,(H,19,23)(H,20,24)/t15-/m0/s1. The van der Waals surface area contributed by atoms with Crippen LogP contribution in [-0.4, -0.2) is 82.5 Å². The number of carbonyl (C=O) groups excluding carboxylic acids is 2. The van der Waals surface area contributed by atoms with Crippen LogP contribution in [-0.2, 0) is 24.3 Å². The molecule has 1 heterocycles. The van der Waals surface area contributed by atoms with Crippen LogP contribution in [0.5, 0.6) is 0 Å². The maximum atomic E-state index is 13.0. The van der Waals surface area contributed by atoms with Crippen LogP contribution in [0.3, 0.4) is 0 Å². The summed E-state index contributed by atoms with van der Waals surface area (Å²) in [6.07, 6.45) is -0.248. The summed E-state index contributed by atoms with van der Waals surface area (Å²) in [5.41, 5.74) is 0. The molecule has 11 heteroatoms. The van der Waals surface area contributed by atoms with Crippen molar-refractivity contribution in [2.24, 2.45) is 0 Å². The Kier molecular flexibility index (Phi) is 7.87. The molecule has 2 N–H and O–H groups in total. The van der Waals surface area contributed by atoms with Gasteiger partial charge in [-0.25, -0.2) is 12.8 Å². The van der Waals surface area contributed by atoms with Gasteiger partial charge >= 0.3 is 11.8 Å². The molecule has 0 radical (unpaired) electrons. The Bertz CT molecular complexity index is 785. The van der Waals surface area contributed by atoms with Crippen LogP contribution in [0.25, 0.3) is 0 Å². The zero-order valence-electron chi connectivity index (χ0n) is 15.9. The Morgan fingerprint density at radius 1 is 1.21 bits per heavy atom. The van der Waals surface area contributed by atoms with Gasteiger partial charge in [-0.2, -0.15) is 4.31 Å². The molecule has 1 atom stereocenters. The maximum Gasteiger partial charge on any atom is 0.309 e. The minimum Gasteiger partial charge on any atom is -0.359 e. The van der Waals surface area contributed by atoms with Crippen molar-refractivity contribution in [2.45, 2.75) is 17.5 Å². The van der Waals surface area contributed by atoms with Crippen molar-refractivity contribution in [1.82, 2.24) is 19.8 Å². The third-order valence-corrected chi connectivity index (χ3v) is 5.98. The maximum absolute atomic E-state index is 13.0. The van der Waals surface area contributed by atoms with Gasteiger partial charge in [0.15, 0.2) is 0 Å². The van der Waals surface area contributed by atoms with Gasteiger partial charge in [0.1, 0.15) is 12.0 Å². The number of benzene rings is 1. The number of nitrogens with zero attached hydrogens (tertiary/aromatic N) is 2. The van der Waals surface area contributed by atoms with Crippen LogP contribution >= 0.6 is 0 Å². The van der Waals surface area contributed by atoms with E-state index in [1.54, 1.807) is 0 Å². The largest absolute Gasteiger partial charge is 0.359 e. The number of rotatable bonds is 8. The van der Waals surface area contributed by atoms with E-state index >= 15 is 0 Å². The van der Waals surface area contributed by atoms with Gasteiger partial charge < -0.3 is 20.3 Å². The number of sulfonamides is 1. The minimum atomic E-state index is -3.91. The second kappa shape index (κ2) is 9.92. The summed E-state index contributed by atoms with van der Waals surface area (Å²) >= 11 is 0. The number of halogens is 1. The molecule has 1 aromatic carbocycles. The molecule has 2 rings (SSSR count). The van der Waals surface area contributed by atoms with Gasteiger partial charge in [0.05, 0.1) is 18.0 Å². The molecule has 1 fully saturated rings. The highest BCUT2D eigenvalue weighted by Gasteiger charge is 2.36. The molecule has 0 aromatic heterocycles. The quantitative estimate of drug-likeness (QED) is 0.431. The van der Waals surface area contributed by atoms with Crippen molar-refractivity contribution in [3.63, 3.8) is 0 Å². The average molecular weight is 416 g/mol. The van der Waals surface area contributed by atoms with Crippen LogP contribution in [0.4, 0.5) is 4.39 Å². The van der Waals surface area contributed by atoms with Gasteiger partial charge in [-0.15, -0.1) is 0 Å². The Labute approximate surface area is 163 Å². The predicted molar refractivity (Wildman–Crippen MR) is 99.2 cm³/mol. The molecule has 1 aliphatic rings. The highest BCUT2D eigenvalue weighted by molar-refractivity contribution is 7.89. The molecule has 2 amide bonds. The van der Waals surface area contributed by atoms with E-state index in [1.165, 1.54) is 12.1 Å². The van der Waals surface area contributed by atoms with E-state index in [1.807, 2.05) is 19.0 Å². The Balaban J connectivity index is 1.88. The molecule has 1 aromatic rings. The summed E-state index contributed by atoms with van der Waals surface area (Å²) in [6.45, 7) is 1.20. The van der Waals surface area contributed by atoms with Gasteiger partial charge in [0.25, 0.3) is 0 Å². The lowest BCUT2D eigenvalue weighted by molar-refractivity contribution is -0.139. The lowest BCUT2D eigenvalue weighted by Crippen LogP contribution is -2.47. The first kappa shape index (κ1) is 22.2. The third-order valence-electron chi connectivity index (χ3n) is 4.07. The molecule has 0 aliphatic carbocycles. The van der Waals surface area contributed by atoms with E-state index in [0.29, 0.717) is 13.0 Å². The van der Waals surface area contributed by atoms with Crippen molar-refractivity contribution >= 4 is 21.8 Å². The van der Waals surface area contributed by atoms with E-state index in [-0.39, 0.29) is 24.6 Å². The summed E-state index contributed by atoms with van der Waals surface area (Å²) < 4.78 is 44.9. The van der Waals surface area contributed by atoms with Gasteiger partial charge in [-0.3, -0.25) is 9.59 Å². The van der Waals surface area contributed by atoms with Crippen LogP contribution in [0.15, 0.2) is 29.2 Å². The number of hydrogen-bond acceptors (Lipinski definition) is 6. The SMILES string of the molecule is CN(C)CCCNC(=O)C(=O)NC[C@@H]1OCCN1S(=O)(=O)c1ccc(F)cc1. The number of hydrogen-bond donors (Lipinski definition) is 2. The van der Waals surface area contributed by atoms with E-state index < -0.39 is 33.9 Å². The normalized spacial score (nSPS) is 17.6. The predicted octanol–water partition coefficient (Wildman–Crippen LogP) is -0.643. The first-order valence-corrected chi connectivity index (χ1v) is 10.3. The fourth-order valence-electron chi connectivity index (χ4n) is 2.62. The lowest BCUT2D eigenvalue weighted by Gasteiger charge is -2.22. The summed E-state index contributed by atoms with van der Waals surface area (Å²) in [5.74, 6) is -2.19. The topological polar surface area (TPSA) is 108 Å². The van der Waals surface area contributed by atoms with E-state index in [9.17, 15) is 22.4 Å². The molecule has 0 spiro atoms. The van der Waals surface area contributed by atoms with Crippen LogP contribution in [0.2, 0.25) is 0 Å². The molecule has 0 saturated carbocycles. The molecule has 9 nitrogen and oxygen atoms in total. The number of carbonyl (C=O) groups is 2. The van der Waals surface area contributed by atoms with Crippen molar-refractivity contribution in [1.29, 1.82) is 0 Å². The zero-order valence-corrected chi connectivity index (χ0v) is 16.7. The van der Waals surface area contributed by atoms with E-state index in [2.05, 4.69) is 10.6 Å². The molecule has 156 valence electrons. The van der Waals surface area contributed by atoms with E-state index in [0.717, 1.165) is 23.0 Å². The number of nitrogens with one attached hydrogen (secondary N) is 2. The summed E-state index contributed by atoms with van der Waals surface area (Å²) in [6, 6.07) is 4.45. The van der Waals surface area contributed by atoms with E-state index in [4.69, 9.17) is 4.74 Å². The molecule has 1 aliphatic heterocycles. The summed E-state index contributed by atoms with van der Waals surface area (Å²) in [7, 11) is -0.104. The van der Waals surface area contributed by atoms with Crippen molar-refractivity contribution < 1.29 is 27.1 Å². The Morgan fingerprint density at radius 3 is 2.50 bits per heavy atom. The highest BCUT2D eigenvalue weighted by Crippen LogP contribution is 2.22. The molecule has 28 heavy (non-hydrogen) atoms. The van der Waals surface area contributed by atoms with Gasteiger partial charge in [0, 0.05) is 13.1 Å². The fraction of sp³-hybridized carbons (Fsp3) is 0.529. The Hall–Kier alpha value is -2.08. The van der Waals surface area contributed by atoms with Crippen molar-refractivity contribution in [3.05, 3.63) is 30.1 Å². The minimum absolute atomic E-state index is 0.0747. The van der Waals surface area contributed by atoms with Gasteiger partial charge in [0.2, 0.25) is 10.0 Å². The first-order chi connectivity index (χ1) is 13.2. The summed E-state index contributed by atoms with van der Waals surface area (Å²) in [5, 5.41) is 4.88. The molecule has 1 saturated heterocycles. The highest BCUT2D eigenvalue weighted by atomic mass is 32.2. The molecule has 0 bridgehead atoms. The molecular formula is C17H25FN4O5S. The fourth-order valence-corrected chi connectivity index (χ4v) is 4.13. The van der Waals surface area contributed by atoms with Crippen molar-refractivity contribution in [2.75, 3.05) is 46.9 Å². The lowest BCUT2D eigenvalue weighted by atomic mass is 10.4. The first-order valence-electron chi connectivity index (χ1n) is 8.81. The van der Waals surface area contributed by atoms with Crippen LogP contribution in [0, 0.1) is 5.82 Å². The second-order valence-electron chi connectivity index (χ2n) is 6.52. The van der Waals surface area contributed by atoms with Crippen molar-refractivity contribution in [3.8, 4) is 0 Å². The Morgan fingerprint density at radius 2 is 1.86 bits per heavy atom. The smallest absolute Gasteiger partial charge is 0.309 e. The third kappa shape index (κ3) is 5.96. The van der Waals surface area contributed by atoms with Crippen LogP contribution in [0.1, 0.15) is 6.42 Å². The monoisotopic (exact) mass is 416 g/mol. The zero-order chi connectivity index (χ0) is 20.7. The van der Waals surface area contributed by atoms with Gasteiger partial charge in [-0.1, -0.05) is 0 Å². The molecular weight excluding hydrogens is 391 g/mol. The second-order valence-corrected chi connectivity index (χ2v) is 8.41. The number of amides is 2. The summed E-state index contributed by atoms with van der Waals surface area (Å²) in [4.78, 5) is 25.6. The molecule has 0 unspecified atom stereocenters. The van der Waals surface area contributed by atoms with Gasteiger partial charge in [-0.05, 0) is 51.3 Å². The van der Waals surface area contributed by atoms with Crippen LogP contribution < -0.4 is 10.6 Å².